The Morgan fingerprint density at radius 1 is 1.78 bits per heavy atom. The molecule has 0 aromatic carbocycles. The van der Waals surface area contributed by atoms with E-state index in [4.69, 9.17) is 0 Å². The van der Waals surface area contributed by atoms with Crippen molar-refractivity contribution < 1.29 is 4.21 Å². The molecule has 1 aromatic heterocycles. The van der Waals surface area contributed by atoms with Gasteiger partial charge < -0.3 is 0 Å². The zero-order chi connectivity index (χ0) is 6.53. The summed E-state index contributed by atoms with van der Waals surface area (Å²) in [4.78, 5) is 3.89. The predicted molar refractivity (Wildman–Crippen MR) is 34.8 cm³/mol. The fraction of sp³-hybridized carbons (Fsp3) is 0.167. The van der Waals surface area contributed by atoms with Crippen LogP contribution in [0, 0.1) is 6.07 Å². The Balaban J connectivity index is 2.72. The first-order valence-corrected chi connectivity index (χ1v) is 3.40. The zero-order valence-corrected chi connectivity index (χ0v) is 5.52. The summed E-state index contributed by atoms with van der Waals surface area (Å²) in [6, 6.07) is 6.30. The van der Waals surface area contributed by atoms with E-state index in [1.54, 1.807) is 18.3 Å². The summed E-state index contributed by atoms with van der Waals surface area (Å²) in [5.74, 6) is 0.439. The fourth-order valence-corrected chi connectivity index (χ4v) is 0.788. The molecule has 0 aliphatic heterocycles. The minimum Gasteiger partial charge on any atom is -0.255 e. The molecule has 0 unspecified atom stereocenters. The van der Waals surface area contributed by atoms with Gasteiger partial charge in [0, 0.05) is 16.5 Å². The minimum atomic E-state index is 0.439. The molecule has 1 rings (SSSR count). The van der Waals surface area contributed by atoms with Crippen LogP contribution in [-0.4, -0.2) is 4.98 Å². The Bertz CT molecular complexity index is 188. The first-order chi connectivity index (χ1) is 4.43. The number of hydrogen-bond acceptors (Lipinski definition) is 2. The third-order valence-electron chi connectivity index (χ3n) is 0.884. The molecule has 3 heteroatoms. The van der Waals surface area contributed by atoms with Gasteiger partial charge in [-0.05, 0) is 6.07 Å². The Kier molecular flexibility index (Phi) is 2.27. The monoisotopic (exact) mass is 139 g/mol. The van der Waals surface area contributed by atoms with Gasteiger partial charge in [-0.2, -0.15) is 0 Å². The first-order valence-electron chi connectivity index (χ1n) is 2.49. The number of nitrogens with zero attached hydrogens (tertiary/aromatic N) is 1. The van der Waals surface area contributed by atoms with E-state index in [1.165, 1.54) is 0 Å². The van der Waals surface area contributed by atoms with Gasteiger partial charge in [0.2, 0.25) is 0 Å². The van der Waals surface area contributed by atoms with Gasteiger partial charge in [0.05, 0.1) is 0 Å². The molecule has 0 N–H and O–H groups in total. The van der Waals surface area contributed by atoms with Crippen LogP contribution in [0.2, 0.25) is 0 Å². The molecular formula is C6H5NOS+. The summed E-state index contributed by atoms with van der Waals surface area (Å²) in [7, 11) is 0. The van der Waals surface area contributed by atoms with E-state index >= 15 is 0 Å². The summed E-state index contributed by atoms with van der Waals surface area (Å²) in [6.45, 7) is 0. The normalized spacial score (nSPS) is 8.89. The maximum absolute atomic E-state index is 9.97. The maximum Gasteiger partial charge on any atom is 0.465 e. The van der Waals surface area contributed by atoms with Crippen LogP contribution in [0.4, 0.5) is 0 Å². The van der Waals surface area contributed by atoms with E-state index < -0.39 is 0 Å². The van der Waals surface area contributed by atoms with Crippen LogP contribution < -0.4 is 0 Å². The van der Waals surface area contributed by atoms with Crippen molar-refractivity contribution in [3.8, 4) is 0 Å². The van der Waals surface area contributed by atoms with E-state index in [-0.39, 0.29) is 0 Å². The summed E-state index contributed by atoms with van der Waals surface area (Å²) in [5, 5.41) is 0. The van der Waals surface area contributed by atoms with E-state index in [0.29, 0.717) is 17.4 Å². The molecule has 9 heavy (non-hydrogen) atoms. The lowest BCUT2D eigenvalue weighted by Gasteiger charge is -1.81. The quantitative estimate of drug-likeness (QED) is 0.567. The number of aromatic nitrogens is 1. The van der Waals surface area contributed by atoms with Crippen molar-refractivity contribution in [1.82, 2.24) is 4.98 Å². The molecule has 0 aliphatic carbocycles. The molecule has 0 aliphatic rings. The lowest BCUT2D eigenvalue weighted by Crippen LogP contribution is -1.84. The van der Waals surface area contributed by atoms with Gasteiger partial charge >= 0.3 is 11.7 Å². The summed E-state index contributed by atoms with van der Waals surface area (Å²) in [6.07, 6.45) is 1.56. The van der Waals surface area contributed by atoms with E-state index in [1.807, 2.05) is 0 Å². The lowest BCUT2D eigenvalue weighted by atomic mass is 10.4. The first kappa shape index (κ1) is 6.29. The SMILES string of the molecule is O=[S+]Cc1cc[c]cn1. The topological polar surface area (TPSA) is 30.0 Å². The molecule has 0 amide bonds. The molecule has 1 radical (unpaired) electrons. The summed E-state index contributed by atoms with van der Waals surface area (Å²) < 4.78 is 9.97. The maximum atomic E-state index is 9.97. The van der Waals surface area contributed by atoms with Gasteiger partial charge in [0.1, 0.15) is 5.69 Å². The summed E-state index contributed by atoms with van der Waals surface area (Å²) in [5.41, 5.74) is 0.814. The summed E-state index contributed by atoms with van der Waals surface area (Å²) >= 11 is 0.528. The molecule has 1 aromatic rings. The molecule has 0 atom stereocenters. The van der Waals surface area contributed by atoms with Crippen LogP contribution in [0.1, 0.15) is 5.69 Å². The van der Waals surface area contributed by atoms with Gasteiger partial charge in [-0.1, -0.05) is 6.07 Å². The lowest BCUT2D eigenvalue weighted by molar-refractivity contribution is 0.604. The van der Waals surface area contributed by atoms with Crippen molar-refractivity contribution >= 4 is 11.7 Å². The van der Waals surface area contributed by atoms with Crippen molar-refractivity contribution in [2.75, 3.05) is 0 Å². The van der Waals surface area contributed by atoms with Gasteiger partial charge in [-0.25, -0.2) is 0 Å². The molecule has 1 heterocycles. The van der Waals surface area contributed by atoms with Gasteiger partial charge in [-0.15, -0.1) is 0 Å². The molecule has 0 bridgehead atoms. The molecule has 0 saturated heterocycles. The smallest absolute Gasteiger partial charge is 0.255 e. The minimum absolute atomic E-state index is 0.439. The molecule has 0 saturated carbocycles. The predicted octanol–water partition coefficient (Wildman–Crippen LogP) is 0.810. The van der Waals surface area contributed by atoms with Crippen molar-refractivity contribution in [3.05, 3.63) is 30.1 Å². The molecule has 0 fully saturated rings. The number of pyridine rings is 1. The highest BCUT2D eigenvalue weighted by Crippen LogP contribution is 1.91. The van der Waals surface area contributed by atoms with Crippen LogP contribution in [-0.2, 0) is 21.6 Å². The standard InChI is InChI=1S/C6H5NOS/c8-9-5-6-3-1-2-4-7-6/h1,3-4H,5H2/q+1. The fourth-order valence-electron chi connectivity index (χ4n) is 0.496. The van der Waals surface area contributed by atoms with Crippen molar-refractivity contribution in [1.29, 1.82) is 0 Å². The van der Waals surface area contributed by atoms with Crippen LogP contribution >= 0.6 is 0 Å². The van der Waals surface area contributed by atoms with E-state index in [2.05, 4.69) is 11.1 Å². The third kappa shape index (κ3) is 1.85. The second-order valence-corrected chi connectivity index (χ2v) is 2.04. The average molecular weight is 139 g/mol. The van der Waals surface area contributed by atoms with Gasteiger partial charge in [-0.3, -0.25) is 4.98 Å². The molecule has 2 nitrogen and oxygen atoms in total. The van der Waals surface area contributed by atoms with Crippen molar-refractivity contribution in [3.63, 3.8) is 0 Å². The third-order valence-corrected chi connectivity index (χ3v) is 1.30. The van der Waals surface area contributed by atoms with Crippen LogP contribution in [0.15, 0.2) is 18.3 Å². The second kappa shape index (κ2) is 3.25. The van der Waals surface area contributed by atoms with Crippen LogP contribution in [0.25, 0.3) is 0 Å². The van der Waals surface area contributed by atoms with Crippen molar-refractivity contribution in [2.45, 2.75) is 5.75 Å². The van der Waals surface area contributed by atoms with Gasteiger partial charge in [0.15, 0.2) is 0 Å². The molecular weight excluding hydrogens is 134 g/mol. The molecule has 45 valence electrons. The highest BCUT2D eigenvalue weighted by Gasteiger charge is 2.00. The largest absolute Gasteiger partial charge is 0.465 e. The van der Waals surface area contributed by atoms with Crippen molar-refractivity contribution in [2.24, 2.45) is 0 Å². The second-order valence-electron chi connectivity index (χ2n) is 1.51. The molecule has 0 spiro atoms. The van der Waals surface area contributed by atoms with E-state index in [0.717, 1.165) is 5.69 Å². The Hall–Kier alpha value is -0.830. The van der Waals surface area contributed by atoms with E-state index in [9.17, 15) is 4.21 Å². The highest BCUT2D eigenvalue weighted by atomic mass is 32.1. The number of hydrogen-bond donors (Lipinski definition) is 0. The van der Waals surface area contributed by atoms with Crippen LogP contribution in [0.5, 0.6) is 0 Å². The van der Waals surface area contributed by atoms with Gasteiger partial charge in [0.25, 0.3) is 5.75 Å². The zero-order valence-electron chi connectivity index (χ0n) is 4.70. The Labute approximate surface area is 57.4 Å². The Morgan fingerprint density at radius 3 is 3.22 bits per heavy atom. The average Bonchev–Trinajstić information content (AvgIpc) is 1.91. The highest BCUT2D eigenvalue weighted by molar-refractivity contribution is 7.64. The Morgan fingerprint density at radius 2 is 2.67 bits per heavy atom. The van der Waals surface area contributed by atoms with Crippen LogP contribution in [0.3, 0.4) is 0 Å². The number of rotatable bonds is 2.